The van der Waals surface area contributed by atoms with E-state index in [1.807, 2.05) is 32.0 Å². The molecule has 5 nitrogen and oxygen atoms in total. The first kappa shape index (κ1) is 20.1. The van der Waals surface area contributed by atoms with Crippen molar-refractivity contribution in [1.29, 1.82) is 0 Å². The van der Waals surface area contributed by atoms with E-state index in [0.717, 1.165) is 37.0 Å². The Morgan fingerprint density at radius 2 is 1.81 bits per heavy atom. The van der Waals surface area contributed by atoms with Crippen LogP contribution in [0.2, 0.25) is 0 Å². The lowest BCUT2D eigenvalue weighted by Gasteiger charge is -2.24. The molecular formula is C21H29NO4S. The average molecular weight is 392 g/mol. The van der Waals surface area contributed by atoms with Gasteiger partial charge in [-0.2, -0.15) is 0 Å². The van der Waals surface area contributed by atoms with Crippen LogP contribution in [0.4, 0.5) is 0 Å². The van der Waals surface area contributed by atoms with Gasteiger partial charge in [0, 0.05) is 12.6 Å². The average Bonchev–Trinajstić information content (AvgIpc) is 3.32. The molecule has 27 heavy (non-hydrogen) atoms. The molecule has 1 aliphatic rings. The lowest BCUT2D eigenvalue weighted by atomic mass is 10.0. The molecule has 6 heteroatoms. The van der Waals surface area contributed by atoms with Gasteiger partial charge in [-0.25, -0.2) is 8.42 Å². The summed E-state index contributed by atoms with van der Waals surface area (Å²) in [6, 6.07) is 10.7. The monoisotopic (exact) mass is 391 g/mol. The Bertz CT molecular complexity index is 862. The first-order valence-corrected chi connectivity index (χ1v) is 11.1. The largest absolute Gasteiger partial charge is 0.463 e. The Kier molecular flexibility index (Phi) is 5.79. The van der Waals surface area contributed by atoms with Crippen molar-refractivity contribution in [1.82, 2.24) is 5.32 Å². The van der Waals surface area contributed by atoms with Gasteiger partial charge in [-0.15, -0.1) is 0 Å². The molecule has 1 fully saturated rings. The van der Waals surface area contributed by atoms with Crippen molar-refractivity contribution in [2.75, 3.05) is 6.54 Å². The zero-order chi connectivity index (χ0) is 19.7. The maximum atomic E-state index is 12.7. The Hall–Kier alpha value is -1.63. The number of aryl methyl sites for hydroxylation is 1. The molecule has 2 atom stereocenters. The second-order valence-electron chi connectivity index (χ2n) is 7.81. The molecule has 0 radical (unpaired) electrons. The van der Waals surface area contributed by atoms with E-state index in [1.54, 1.807) is 25.1 Å². The predicted molar refractivity (Wildman–Crippen MR) is 105 cm³/mol. The fourth-order valence-electron chi connectivity index (χ4n) is 3.62. The summed E-state index contributed by atoms with van der Waals surface area (Å²) in [5.74, 6) is 1.29. The van der Waals surface area contributed by atoms with Crippen LogP contribution < -0.4 is 5.32 Å². The van der Waals surface area contributed by atoms with Gasteiger partial charge in [0.1, 0.15) is 17.1 Å². The SMILES string of the molecule is Cc1ccc([C@](C)(O)CN[C@@H](C)c2ccc(S(=O)(=O)C3CCCC3)cc2)o1. The first-order chi connectivity index (χ1) is 12.7. The molecule has 1 saturated carbocycles. The molecule has 1 heterocycles. The molecule has 1 aliphatic carbocycles. The second-order valence-corrected chi connectivity index (χ2v) is 10.0. The summed E-state index contributed by atoms with van der Waals surface area (Å²) in [6.45, 7) is 5.87. The number of furan rings is 1. The molecule has 1 aromatic carbocycles. The summed E-state index contributed by atoms with van der Waals surface area (Å²) in [5.41, 5.74) is -0.138. The zero-order valence-electron chi connectivity index (χ0n) is 16.2. The van der Waals surface area contributed by atoms with Gasteiger partial charge in [0.15, 0.2) is 9.84 Å². The maximum Gasteiger partial charge on any atom is 0.181 e. The third-order valence-electron chi connectivity index (χ3n) is 5.47. The van der Waals surface area contributed by atoms with E-state index in [0.29, 0.717) is 17.2 Å². The van der Waals surface area contributed by atoms with E-state index < -0.39 is 15.4 Å². The molecule has 0 amide bonds. The van der Waals surface area contributed by atoms with Gasteiger partial charge in [0.2, 0.25) is 0 Å². The number of aliphatic hydroxyl groups is 1. The van der Waals surface area contributed by atoms with Gasteiger partial charge >= 0.3 is 0 Å². The predicted octanol–water partition coefficient (Wildman–Crippen LogP) is 3.86. The first-order valence-electron chi connectivity index (χ1n) is 9.57. The van der Waals surface area contributed by atoms with Crippen LogP contribution in [0, 0.1) is 6.92 Å². The van der Waals surface area contributed by atoms with Gasteiger partial charge in [0.25, 0.3) is 0 Å². The topological polar surface area (TPSA) is 79.5 Å². The van der Waals surface area contributed by atoms with Crippen molar-refractivity contribution < 1.29 is 17.9 Å². The lowest BCUT2D eigenvalue weighted by Crippen LogP contribution is -2.36. The highest BCUT2D eigenvalue weighted by molar-refractivity contribution is 7.92. The van der Waals surface area contributed by atoms with Crippen molar-refractivity contribution in [3.05, 3.63) is 53.5 Å². The number of sulfone groups is 1. The van der Waals surface area contributed by atoms with E-state index in [2.05, 4.69) is 5.32 Å². The number of rotatable bonds is 7. The van der Waals surface area contributed by atoms with E-state index in [9.17, 15) is 13.5 Å². The Labute approximate surface area is 161 Å². The van der Waals surface area contributed by atoms with Crippen LogP contribution in [0.5, 0.6) is 0 Å². The zero-order valence-corrected chi connectivity index (χ0v) is 17.1. The standard InChI is InChI=1S/C21H29NO4S/c1-15-8-13-20(26-15)21(3,23)14-22-16(2)17-9-11-19(12-10-17)27(24,25)18-6-4-5-7-18/h8-13,16,18,22-23H,4-7,14H2,1-3H3/t16-,21+/m0/s1. The van der Waals surface area contributed by atoms with Crippen molar-refractivity contribution >= 4 is 9.84 Å². The number of benzene rings is 1. The normalized spacial score (nSPS) is 19.1. The van der Waals surface area contributed by atoms with Crippen LogP contribution in [-0.2, 0) is 15.4 Å². The smallest absolute Gasteiger partial charge is 0.181 e. The molecule has 0 bridgehead atoms. The number of hydrogen-bond acceptors (Lipinski definition) is 5. The summed E-state index contributed by atoms with van der Waals surface area (Å²) in [6.07, 6.45) is 3.53. The van der Waals surface area contributed by atoms with Crippen LogP contribution >= 0.6 is 0 Å². The summed E-state index contributed by atoms with van der Waals surface area (Å²) in [4.78, 5) is 0.406. The summed E-state index contributed by atoms with van der Waals surface area (Å²) in [7, 11) is -3.22. The molecule has 0 aliphatic heterocycles. The third kappa shape index (κ3) is 4.45. The lowest BCUT2D eigenvalue weighted by molar-refractivity contribution is 0.0313. The number of nitrogens with one attached hydrogen (secondary N) is 1. The molecule has 1 aromatic heterocycles. The minimum atomic E-state index is -3.22. The van der Waals surface area contributed by atoms with Crippen LogP contribution in [0.3, 0.4) is 0 Å². The van der Waals surface area contributed by atoms with Gasteiger partial charge in [0.05, 0.1) is 10.1 Å². The van der Waals surface area contributed by atoms with E-state index in [-0.39, 0.29) is 11.3 Å². The Morgan fingerprint density at radius 1 is 1.19 bits per heavy atom. The minimum Gasteiger partial charge on any atom is -0.463 e. The molecule has 148 valence electrons. The highest BCUT2D eigenvalue weighted by Crippen LogP contribution is 2.30. The molecule has 2 N–H and O–H groups in total. The fraction of sp³-hybridized carbons (Fsp3) is 0.524. The Morgan fingerprint density at radius 3 is 2.37 bits per heavy atom. The molecule has 2 aromatic rings. The van der Waals surface area contributed by atoms with Crippen LogP contribution in [-0.4, -0.2) is 25.3 Å². The Balaban J connectivity index is 1.64. The summed E-state index contributed by atoms with van der Waals surface area (Å²) < 4.78 is 30.9. The van der Waals surface area contributed by atoms with E-state index >= 15 is 0 Å². The quantitative estimate of drug-likeness (QED) is 0.749. The van der Waals surface area contributed by atoms with E-state index in [1.165, 1.54) is 0 Å². The third-order valence-corrected chi connectivity index (χ3v) is 7.75. The minimum absolute atomic E-state index is 0.0317. The summed E-state index contributed by atoms with van der Waals surface area (Å²) >= 11 is 0. The maximum absolute atomic E-state index is 12.7. The second kappa shape index (κ2) is 7.78. The molecule has 3 rings (SSSR count). The van der Waals surface area contributed by atoms with Crippen molar-refractivity contribution in [2.24, 2.45) is 0 Å². The van der Waals surface area contributed by atoms with E-state index in [4.69, 9.17) is 4.42 Å². The molecule has 0 unspecified atom stereocenters. The summed E-state index contributed by atoms with van der Waals surface area (Å²) in [5, 5.41) is 13.7. The van der Waals surface area contributed by atoms with Gasteiger partial charge in [-0.3, -0.25) is 0 Å². The molecular weight excluding hydrogens is 362 g/mol. The van der Waals surface area contributed by atoms with Gasteiger partial charge in [-0.05, 0) is 63.4 Å². The van der Waals surface area contributed by atoms with Crippen LogP contribution in [0.1, 0.15) is 62.7 Å². The van der Waals surface area contributed by atoms with Crippen molar-refractivity contribution in [2.45, 2.75) is 68.2 Å². The van der Waals surface area contributed by atoms with Crippen molar-refractivity contribution in [3.63, 3.8) is 0 Å². The highest BCUT2D eigenvalue weighted by atomic mass is 32.2. The van der Waals surface area contributed by atoms with Crippen LogP contribution in [0.25, 0.3) is 0 Å². The highest BCUT2D eigenvalue weighted by Gasteiger charge is 2.30. The van der Waals surface area contributed by atoms with Gasteiger partial charge in [-0.1, -0.05) is 25.0 Å². The van der Waals surface area contributed by atoms with Crippen molar-refractivity contribution in [3.8, 4) is 0 Å². The van der Waals surface area contributed by atoms with Gasteiger partial charge < -0.3 is 14.8 Å². The molecule has 0 spiro atoms. The fourth-order valence-corrected chi connectivity index (χ4v) is 5.47. The molecule has 0 saturated heterocycles. The van der Waals surface area contributed by atoms with Crippen LogP contribution in [0.15, 0.2) is 45.7 Å². The number of hydrogen-bond donors (Lipinski definition) is 2.